The van der Waals surface area contributed by atoms with Crippen molar-refractivity contribution < 1.29 is 19.4 Å². The van der Waals surface area contributed by atoms with Crippen molar-refractivity contribution >= 4 is 11.9 Å². The van der Waals surface area contributed by atoms with Crippen LogP contribution in [0.3, 0.4) is 0 Å². The maximum absolute atomic E-state index is 12.5. The molecule has 1 aromatic carbocycles. The summed E-state index contributed by atoms with van der Waals surface area (Å²) in [5.74, 6) is -1.17. The Bertz CT molecular complexity index is 528. The molecule has 0 spiro atoms. The van der Waals surface area contributed by atoms with Gasteiger partial charge in [-0.1, -0.05) is 13.0 Å². The van der Waals surface area contributed by atoms with Crippen LogP contribution in [-0.4, -0.2) is 47.2 Å². The van der Waals surface area contributed by atoms with E-state index in [2.05, 4.69) is 0 Å². The Hall–Kier alpha value is -1.88. The van der Waals surface area contributed by atoms with E-state index in [4.69, 9.17) is 9.84 Å². The molecule has 1 aliphatic heterocycles. The summed E-state index contributed by atoms with van der Waals surface area (Å²) in [5, 5.41) is 8.98. The van der Waals surface area contributed by atoms with Crippen LogP contribution in [0.15, 0.2) is 24.3 Å². The number of amides is 1. The first-order chi connectivity index (χ1) is 9.45. The molecule has 1 aromatic rings. The second kappa shape index (κ2) is 5.63. The first-order valence-electron chi connectivity index (χ1n) is 6.72. The zero-order valence-corrected chi connectivity index (χ0v) is 11.8. The predicted octanol–water partition coefficient (Wildman–Crippen LogP) is 2.03. The molecule has 1 heterocycles. The van der Waals surface area contributed by atoms with Crippen molar-refractivity contribution in [1.82, 2.24) is 4.90 Å². The Morgan fingerprint density at radius 3 is 2.75 bits per heavy atom. The number of ether oxygens (including phenoxy) is 1. The van der Waals surface area contributed by atoms with Crippen molar-refractivity contribution in [3.8, 4) is 0 Å². The zero-order chi connectivity index (χ0) is 14.8. The van der Waals surface area contributed by atoms with Crippen LogP contribution in [0.2, 0.25) is 0 Å². The minimum Gasteiger partial charge on any atom is -0.478 e. The standard InChI is InChI=1S/C15H19NO4/c1-3-15(2)10-16(7-8-20-15)13(17)11-5-4-6-12(9-11)14(18)19/h4-6,9H,3,7-8,10H2,1-2H3,(H,18,19). The van der Waals surface area contributed by atoms with Gasteiger partial charge in [0.15, 0.2) is 0 Å². The molecule has 1 amide bonds. The fraction of sp³-hybridized carbons (Fsp3) is 0.467. The number of carbonyl (C=O) groups is 2. The number of morpholine rings is 1. The van der Waals surface area contributed by atoms with Gasteiger partial charge < -0.3 is 14.7 Å². The summed E-state index contributed by atoms with van der Waals surface area (Å²) in [7, 11) is 0. The molecule has 2 rings (SSSR count). The Labute approximate surface area is 118 Å². The van der Waals surface area contributed by atoms with Crippen molar-refractivity contribution in [1.29, 1.82) is 0 Å². The van der Waals surface area contributed by atoms with E-state index in [1.165, 1.54) is 12.1 Å². The van der Waals surface area contributed by atoms with Crippen LogP contribution in [0.5, 0.6) is 0 Å². The largest absolute Gasteiger partial charge is 0.478 e. The second-order valence-corrected chi connectivity index (χ2v) is 5.26. The van der Waals surface area contributed by atoms with Crippen molar-refractivity contribution in [3.63, 3.8) is 0 Å². The predicted molar refractivity (Wildman–Crippen MR) is 74.0 cm³/mol. The minimum atomic E-state index is -1.03. The summed E-state index contributed by atoms with van der Waals surface area (Å²) in [6.45, 7) is 5.58. The number of carboxylic acid groups (broad SMARTS) is 1. The molecule has 0 radical (unpaired) electrons. The van der Waals surface area contributed by atoms with E-state index < -0.39 is 5.97 Å². The molecule has 0 aromatic heterocycles. The number of nitrogens with zero attached hydrogens (tertiary/aromatic N) is 1. The van der Waals surface area contributed by atoms with Crippen LogP contribution in [-0.2, 0) is 4.74 Å². The fourth-order valence-corrected chi connectivity index (χ4v) is 2.29. The molecule has 108 valence electrons. The molecule has 1 saturated heterocycles. The summed E-state index contributed by atoms with van der Waals surface area (Å²) in [4.78, 5) is 25.1. The average Bonchev–Trinajstić information content (AvgIpc) is 2.46. The molecule has 1 N–H and O–H groups in total. The van der Waals surface area contributed by atoms with Gasteiger partial charge in [0.1, 0.15) is 0 Å². The van der Waals surface area contributed by atoms with E-state index in [-0.39, 0.29) is 17.1 Å². The smallest absolute Gasteiger partial charge is 0.335 e. The monoisotopic (exact) mass is 277 g/mol. The molecular formula is C15H19NO4. The van der Waals surface area contributed by atoms with Gasteiger partial charge in [-0.05, 0) is 31.5 Å². The fourth-order valence-electron chi connectivity index (χ4n) is 2.29. The van der Waals surface area contributed by atoms with Crippen LogP contribution in [0.1, 0.15) is 41.0 Å². The molecule has 5 heteroatoms. The molecule has 0 bridgehead atoms. The molecule has 1 atom stereocenters. The highest BCUT2D eigenvalue weighted by Gasteiger charge is 2.33. The zero-order valence-electron chi connectivity index (χ0n) is 11.8. The highest BCUT2D eigenvalue weighted by Crippen LogP contribution is 2.22. The summed E-state index contributed by atoms with van der Waals surface area (Å²) in [6, 6.07) is 6.14. The lowest BCUT2D eigenvalue weighted by Gasteiger charge is -2.40. The van der Waals surface area contributed by atoms with Gasteiger partial charge in [0, 0.05) is 18.7 Å². The van der Waals surface area contributed by atoms with E-state index in [1.807, 2.05) is 13.8 Å². The Morgan fingerprint density at radius 1 is 1.40 bits per heavy atom. The molecule has 20 heavy (non-hydrogen) atoms. The normalized spacial score (nSPS) is 22.6. The highest BCUT2D eigenvalue weighted by molar-refractivity contribution is 5.97. The van der Waals surface area contributed by atoms with Crippen molar-refractivity contribution in [2.45, 2.75) is 25.9 Å². The van der Waals surface area contributed by atoms with Gasteiger partial charge in [-0.3, -0.25) is 4.79 Å². The van der Waals surface area contributed by atoms with E-state index >= 15 is 0 Å². The molecule has 0 aliphatic carbocycles. The maximum Gasteiger partial charge on any atom is 0.335 e. The minimum absolute atomic E-state index is 0.127. The van der Waals surface area contributed by atoms with Crippen LogP contribution < -0.4 is 0 Å². The Balaban J connectivity index is 2.19. The van der Waals surface area contributed by atoms with E-state index in [1.54, 1.807) is 17.0 Å². The highest BCUT2D eigenvalue weighted by atomic mass is 16.5. The topological polar surface area (TPSA) is 66.8 Å². The number of aromatic carboxylic acids is 1. The number of carboxylic acids is 1. The lowest BCUT2D eigenvalue weighted by molar-refractivity contribution is -0.0897. The lowest BCUT2D eigenvalue weighted by Crippen LogP contribution is -2.51. The van der Waals surface area contributed by atoms with Gasteiger partial charge in [-0.15, -0.1) is 0 Å². The van der Waals surface area contributed by atoms with Gasteiger partial charge in [0.05, 0.1) is 17.8 Å². The molecule has 1 fully saturated rings. The van der Waals surface area contributed by atoms with Crippen LogP contribution in [0, 0.1) is 0 Å². The molecular weight excluding hydrogens is 258 g/mol. The maximum atomic E-state index is 12.5. The van der Waals surface area contributed by atoms with Gasteiger partial charge in [0.25, 0.3) is 5.91 Å². The quantitative estimate of drug-likeness (QED) is 0.918. The van der Waals surface area contributed by atoms with Crippen LogP contribution in [0.25, 0.3) is 0 Å². The van der Waals surface area contributed by atoms with E-state index in [0.717, 1.165) is 6.42 Å². The van der Waals surface area contributed by atoms with E-state index in [0.29, 0.717) is 25.3 Å². The first kappa shape index (κ1) is 14.5. The summed E-state index contributed by atoms with van der Waals surface area (Å²) < 4.78 is 5.70. The molecule has 1 unspecified atom stereocenters. The first-order valence-corrected chi connectivity index (χ1v) is 6.72. The van der Waals surface area contributed by atoms with Gasteiger partial charge in [-0.2, -0.15) is 0 Å². The summed E-state index contributed by atoms with van der Waals surface area (Å²) >= 11 is 0. The third-order valence-corrected chi connectivity index (χ3v) is 3.73. The van der Waals surface area contributed by atoms with Crippen LogP contribution in [0.4, 0.5) is 0 Å². The SMILES string of the molecule is CCC1(C)CN(C(=O)c2cccc(C(=O)O)c2)CCO1. The molecule has 1 aliphatic rings. The lowest BCUT2D eigenvalue weighted by atomic mass is 10.00. The third-order valence-electron chi connectivity index (χ3n) is 3.73. The summed E-state index contributed by atoms with van der Waals surface area (Å²) in [5.41, 5.74) is 0.214. The van der Waals surface area contributed by atoms with Gasteiger partial charge >= 0.3 is 5.97 Å². The Morgan fingerprint density at radius 2 is 2.10 bits per heavy atom. The molecule has 0 saturated carbocycles. The third kappa shape index (κ3) is 2.99. The van der Waals surface area contributed by atoms with Gasteiger partial charge in [-0.25, -0.2) is 4.79 Å². The number of hydrogen-bond acceptors (Lipinski definition) is 3. The number of benzene rings is 1. The van der Waals surface area contributed by atoms with Crippen LogP contribution >= 0.6 is 0 Å². The molecule has 5 nitrogen and oxygen atoms in total. The second-order valence-electron chi connectivity index (χ2n) is 5.26. The number of hydrogen-bond donors (Lipinski definition) is 1. The summed E-state index contributed by atoms with van der Waals surface area (Å²) in [6.07, 6.45) is 0.825. The number of carbonyl (C=O) groups excluding carboxylic acids is 1. The number of rotatable bonds is 3. The average molecular weight is 277 g/mol. The van der Waals surface area contributed by atoms with Crippen molar-refractivity contribution in [3.05, 3.63) is 35.4 Å². The Kier molecular flexibility index (Phi) is 4.09. The van der Waals surface area contributed by atoms with Crippen molar-refractivity contribution in [2.75, 3.05) is 19.7 Å². The van der Waals surface area contributed by atoms with Gasteiger partial charge in [0.2, 0.25) is 0 Å². The van der Waals surface area contributed by atoms with Crippen molar-refractivity contribution in [2.24, 2.45) is 0 Å². The van der Waals surface area contributed by atoms with E-state index in [9.17, 15) is 9.59 Å².